The number of hydrogen-bond acceptors (Lipinski definition) is 5. The number of nitrogens with two attached hydrogens (primary N) is 1. The minimum atomic E-state index is -0.714. The van der Waals surface area contributed by atoms with E-state index in [2.05, 4.69) is 36.4 Å². The summed E-state index contributed by atoms with van der Waals surface area (Å²) in [7, 11) is 0. The zero-order chi connectivity index (χ0) is 38.2. The molecule has 0 aliphatic rings. The van der Waals surface area contributed by atoms with E-state index in [0.29, 0.717) is 25.9 Å². The van der Waals surface area contributed by atoms with Gasteiger partial charge in [0.2, 0.25) is 11.8 Å². The first-order valence-corrected chi connectivity index (χ1v) is 22.6. The quantitative estimate of drug-likeness (QED) is 0.0368. The van der Waals surface area contributed by atoms with E-state index in [1.54, 1.807) is 0 Å². The van der Waals surface area contributed by atoms with Gasteiger partial charge in [-0.25, -0.2) is 0 Å². The van der Waals surface area contributed by atoms with Crippen molar-refractivity contribution in [2.24, 2.45) is 5.73 Å². The van der Waals surface area contributed by atoms with Gasteiger partial charge in [-0.15, -0.1) is 0 Å². The summed E-state index contributed by atoms with van der Waals surface area (Å²) in [5.41, 5.74) is 6.89. The lowest BCUT2D eigenvalue weighted by molar-refractivity contribution is -0.122. The van der Waals surface area contributed by atoms with Crippen LogP contribution in [-0.2, 0) is 14.4 Å². The predicted molar refractivity (Wildman–Crippen MR) is 224 cm³/mol. The third-order valence-corrected chi connectivity index (χ3v) is 10.5. The van der Waals surface area contributed by atoms with Crippen molar-refractivity contribution in [1.29, 1.82) is 0 Å². The molecule has 0 saturated carbocycles. The summed E-state index contributed by atoms with van der Waals surface area (Å²) in [5, 5.41) is 9.44. The zero-order valence-corrected chi connectivity index (χ0v) is 34.7. The lowest BCUT2D eigenvalue weighted by Gasteiger charge is -2.23. The van der Waals surface area contributed by atoms with Gasteiger partial charge < -0.3 is 26.5 Å². The van der Waals surface area contributed by atoms with Crippen LogP contribution in [0.5, 0.6) is 0 Å². The van der Waals surface area contributed by atoms with Crippen molar-refractivity contribution < 1.29 is 14.4 Å². The standard InChI is InChI=1S/C45H88N4O3/c1-4-6-8-10-12-14-16-18-20-22-24-26-28-30-32-35-41(3)49-42(40-48-45(52)43(46)36-34-38-50)39-47-44(51)37-33-31-29-27-25-23-21-19-17-15-13-11-9-7-5-2/h38,42-43,49H,3-37,39-40,46H2,1-2H3,(H,47,51)(H,48,52). The number of aldehydes is 1. The largest absolute Gasteiger partial charge is 0.383 e. The number of amides is 2. The van der Waals surface area contributed by atoms with Crippen molar-refractivity contribution in [3.63, 3.8) is 0 Å². The SMILES string of the molecule is C=C(CCCCCCCCCCCCCCCCC)NC(CNC(=O)CCCCCCCCCCCCCCCCC)CNC(=O)C(N)CCC=O. The zero-order valence-electron chi connectivity index (χ0n) is 34.7. The summed E-state index contributed by atoms with van der Waals surface area (Å²) in [6, 6.07) is -0.884. The highest BCUT2D eigenvalue weighted by Gasteiger charge is 2.17. The number of rotatable bonds is 42. The first kappa shape index (κ1) is 50.1. The Balaban J connectivity index is 4.16. The van der Waals surface area contributed by atoms with E-state index in [4.69, 9.17) is 5.73 Å². The van der Waals surface area contributed by atoms with Crippen LogP contribution in [0.3, 0.4) is 0 Å². The van der Waals surface area contributed by atoms with Gasteiger partial charge in [-0.05, 0) is 25.7 Å². The number of unbranched alkanes of at least 4 members (excludes halogenated alkanes) is 28. The molecule has 7 nitrogen and oxygen atoms in total. The van der Waals surface area contributed by atoms with Crippen LogP contribution >= 0.6 is 0 Å². The van der Waals surface area contributed by atoms with Crippen LogP contribution in [0.15, 0.2) is 12.3 Å². The second kappa shape index (κ2) is 40.3. The molecule has 52 heavy (non-hydrogen) atoms. The first-order chi connectivity index (χ1) is 25.4. The summed E-state index contributed by atoms with van der Waals surface area (Å²) in [5.74, 6) is -0.214. The summed E-state index contributed by atoms with van der Waals surface area (Å²) in [6.45, 7) is 9.56. The van der Waals surface area contributed by atoms with Gasteiger partial charge in [0, 0.05) is 31.6 Å². The van der Waals surface area contributed by atoms with Gasteiger partial charge in [0.25, 0.3) is 0 Å². The van der Waals surface area contributed by atoms with Crippen LogP contribution in [0.1, 0.15) is 232 Å². The topological polar surface area (TPSA) is 113 Å². The molecule has 0 bridgehead atoms. The lowest BCUT2D eigenvalue weighted by Crippen LogP contribution is -2.50. The molecule has 0 aromatic carbocycles. The van der Waals surface area contributed by atoms with Gasteiger partial charge in [0.15, 0.2) is 0 Å². The predicted octanol–water partition coefficient (Wildman–Crippen LogP) is 11.5. The molecule has 0 aromatic heterocycles. The van der Waals surface area contributed by atoms with Crippen LogP contribution in [0, 0.1) is 0 Å². The van der Waals surface area contributed by atoms with Gasteiger partial charge in [-0.2, -0.15) is 0 Å². The minimum Gasteiger partial charge on any atom is -0.383 e. The third kappa shape index (κ3) is 36.5. The highest BCUT2D eigenvalue weighted by molar-refractivity contribution is 5.81. The molecule has 0 spiro atoms. The Morgan fingerprint density at radius 1 is 0.538 bits per heavy atom. The van der Waals surface area contributed by atoms with E-state index in [0.717, 1.165) is 37.7 Å². The fourth-order valence-corrected chi connectivity index (χ4v) is 6.96. The molecule has 0 saturated heterocycles. The summed E-state index contributed by atoms with van der Waals surface area (Å²) < 4.78 is 0. The third-order valence-electron chi connectivity index (χ3n) is 10.5. The molecule has 0 rings (SSSR count). The number of carbonyl (C=O) groups excluding carboxylic acids is 3. The van der Waals surface area contributed by atoms with Gasteiger partial charge in [-0.1, -0.05) is 200 Å². The molecule has 0 aliphatic carbocycles. The average molecular weight is 733 g/mol. The maximum absolute atomic E-state index is 12.7. The highest BCUT2D eigenvalue weighted by Crippen LogP contribution is 2.16. The number of nitrogens with one attached hydrogen (secondary N) is 3. The Kier molecular flexibility index (Phi) is 38.8. The van der Waals surface area contributed by atoms with Gasteiger partial charge in [-0.3, -0.25) is 9.59 Å². The van der Waals surface area contributed by atoms with E-state index in [9.17, 15) is 14.4 Å². The molecule has 5 N–H and O–H groups in total. The molecule has 2 amide bonds. The van der Waals surface area contributed by atoms with Crippen molar-refractivity contribution in [2.45, 2.75) is 244 Å². The highest BCUT2D eigenvalue weighted by atomic mass is 16.2. The Bertz CT molecular complexity index is 820. The molecule has 0 heterocycles. The van der Waals surface area contributed by atoms with Crippen molar-refractivity contribution in [1.82, 2.24) is 16.0 Å². The molecule has 0 fully saturated rings. The normalized spacial score (nSPS) is 12.4. The second-order valence-corrected chi connectivity index (χ2v) is 15.7. The Labute approximate surface area is 323 Å². The second-order valence-electron chi connectivity index (χ2n) is 15.7. The molecular formula is C45H88N4O3. The molecule has 306 valence electrons. The number of allylic oxidation sites excluding steroid dienone is 1. The molecule has 0 aromatic rings. The fourth-order valence-electron chi connectivity index (χ4n) is 6.96. The minimum absolute atomic E-state index is 0.0588. The lowest BCUT2D eigenvalue weighted by atomic mass is 10.0. The molecular weight excluding hydrogens is 645 g/mol. The molecule has 0 aliphatic heterocycles. The average Bonchev–Trinajstić information content (AvgIpc) is 3.14. The maximum Gasteiger partial charge on any atom is 0.237 e. The van der Waals surface area contributed by atoms with Gasteiger partial charge >= 0.3 is 0 Å². The van der Waals surface area contributed by atoms with Crippen molar-refractivity contribution >= 4 is 18.1 Å². The summed E-state index contributed by atoms with van der Waals surface area (Å²) >= 11 is 0. The van der Waals surface area contributed by atoms with Crippen LogP contribution < -0.4 is 21.7 Å². The maximum atomic E-state index is 12.7. The van der Waals surface area contributed by atoms with E-state index in [1.165, 1.54) is 173 Å². The Hall–Kier alpha value is -1.89. The van der Waals surface area contributed by atoms with Crippen LogP contribution in [0.25, 0.3) is 0 Å². The van der Waals surface area contributed by atoms with E-state index in [1.807, 2.05) is 0 Å². The summed E-state index contributed by atoms with van der Waals surface area (Å²) in [6.07, 6.45) is 42.5. The first-order valence-electron chi connectivity index (χ1n) is 22.6. The summed E-state index contributed by atoms with van der Waals surface area (Å²) in [4.78, 5) is 35.8. The monoisotopic (exact) mass is 733 g/mol. The molecule has 2 unspecified atom stereocenters. The molecule has 7 heteroatoms. The van der Waals surface area contributed by atoms with Gasteiger partial charge in [0.1, 0.15) is 6.29 Å². The van der Waals surface area contributed by atoms with Crippen LogP contribution in [0.2, 0.25) is 0 Å². The Morgan fingerprint density at radius 3 is 1.27 bits per heavy atom. The van der Waals surface area contributed by atoms with Crippen molar-refractivity contribution in [3.05, 3.63) is 12.3 Å². The van der Waals surface area contributed by atoms with Crippen LogP contribution in [0.4, 0.5) is 0 Å². The van der Waals surface area contributed by atoms with Gasteiger partial charge in [0.05, 0.1) is 12.1 Å². The molecule has 2 atom stereocenters. The van der Waals surface area contributed by atoms with Crippen molar-refractivity contribution in [2.75, 3.05) is 13.1 Å². The van der Waals surface area contributed by atoms with E-state index >= 15 is 0 Å². The van der Waals surface area contributed by atoms with Crippen LogP contribution in [-0.4, -0.2) is 43.3 Å². The van der Waals surface area contributed by atoms with Crippen molar-refractivity contribution in [3.8, 4) is 0 Å². The smallest absolute Gasteiger partial charge is 0.237 e. The number of hydrogen-bond donors (Lipinski definition) is 4. The van der Waals surface area contributed by atoms with E-state index < -0.39 is 6.04 Å². The van der Waals surface area contributed by atoms with E-state index in [-0.39, 0.29) is 24.3 Å². The molecule has 0 radical (unpaired) electrons. The fraction of sp³-hybridized carbons (Fsp3) is 0.889. The number of carbonyl (C=O) groups is 3. The Morgan fingerprint density at radius 2 is 0.885 bits per heavy atom.